The van der Waals surface area contributed by atoms with E-state index < -0.39 is 0 Å². The molecule has 0 aromatic carbocycles. The summed E-state index contributed by atoms with van der Waals surface area (Å²) in [4.78, 5) is 11.6. The number of carbonyl (C=O) groups excluding carboxylic acids is 1. The third kappa shape index (κ3) is 3.47. The van der Waals surface area contributed by atoms with Gasteiger partial charge in [0.1, 0.15) is 5.78 Å². The summed E-state index contributed by atoms with van der Waals surface area (Å²) in [5.74, 6) is 1.14. The highest BCUT2D eigenvalue weighted by molar-refractivity contribution is 5.83. The Kier molecular flexibility index (Phi) is 3.48. The van der Waals surface area contributed by atoms with Gasteiger partial charge in [-0.3, -0.25) is 4.79 Å². The monoisotopic (exact) mass is 183 g/mol. The molecule has 1 rings (SSSR count). The van der Waals surface area contributed by atoms with Gasteiger partial charge in [-0.2, -0.15) is 0 Å². The predicted molar refractivity (Wildman–Crippen MR) is 54.7 cm³/mol. The van der Waals surface area contributed by atoms with Crippen molar-refractivity contribution in [3.05, 3.63) is 0 Å². The highest BCUT2D eigenvalue weighted by Gasteiger charge is 2.22. The summed E-state index contributed by atoms with van der Waals surface area (Å²) in [7, 11) is 0. The minimum atomic E-state index is -0.147. The Hall–Kier alpha value is -0.370. The van der Waals surface area contributed by atoms with Crippen molar-refractivity contribution in [2.24, 2.45) is 11.3 Å². The first-order valence-corrected chi connectivity index (χ1v) is 5.24. The summed E-state index contributed by atoms with van der Waals surface area (Å²) in [6.45, 7) is 8.25. The quantitative estimate of drug-likeness (QED) is 0.725. The molecule has 13 heavy (non-hydrogen) atoms. The van der Waals surface area contributed by atoms with E-state index in [1.54, 1.807) is 0 Å². The lowest BCUT2D eigenvalue weighted by Gasteiger charge is -2.17. The van der Waals surface area contributed by atoms with Crippen molar-refractivity contribution in [2.75, 3.05) is 13.1 Å². The zero-order valence-electron chi connectivity index (χ0n) is 9.02. The van der Waals surface area contributed by atoms with Crippen LogP contribution in [0.25, 0.3) is 0 Å². The second-order valence-electron chi connectivity index (χ2n) is 5.07. The van der Waals surface area contributed by atoms with Crippen molar-refractivity contribution in [2.45, 2.75) is 40.0 Å². The van der Waals surface area contributed by atoms with Gasteiger partial charge in [-0.05, 0) is 31.8 Å². The van der Waals surface area contributed by atoms with Crippen LogP contribution in [0.5, 0.6) is 0 Å². The van der Waals surface area contributed by atoms with E-state index in [0.717, 1.165) is 31.8 Å². The zero-order chi connectivity index (χ0) is 9.90. The van der Waals surface area contributed by atoms with E-state index in [-0.39, 0.29) is 5.41 Å². The fraction of sp³-hybridized carbons (Fsp3) is 0.909. The third-order valence-corrected chi connectivity index (χ3v) is 2.78. The van der Waals surface area contributed by atoms with Gasteiger partial charge in [0, 0.05) is 11.8 Å². The molecule has 1 N–H and O–H groups in total. The number of carbonyl (C=O) groups is 1. The van der Waals surface area contributed by atoms with Gasteiger partial charge in [-0.15, -0.1) is 0 Å². The molecule has 1 aliphatic heterocycles. The molecule has 2 heteroatoms. The molecular weight excluding hydrogens is 162 g/mol. The van der Waals surface area contributed by atoms with Crippen molar-refractivity contribution in [1.29, 1.82) is 0 Å². The fourth-order valence-corrected chi connectivity index (χ4v) is 1.67. The van der Waals surface area contributed by atoms with E-state index in [1.807, 2.05) is 20.8 Å². The average molecular weight is 183 g/mol. The number of rotatable bonds is 3. The fourth-order valence-electron chi connectivity index (χ4n) is 1.67. The largest absolute Gasteiger partial charge is 0.316 e. The maximum Gasteiger partial charge on any atom is 0.138 e. The molecule has 0 saturated carbocycles. The van der Waals surface area contributed by atoms with E-state index >= 15 is 0 Å². The summed E-state index contributed by atoms with van der Waals surface area (Å²) >= 11 is 0. The molecule has 0 amide bonds. The Morgan fingerprint density at radius 2 is 2.15 bits per heavy atom. The Morgan fingerprint density at radius 3 is 2.62 bits per heavy atom. The highest BCUT2D eigenvalue weighted by Crippen LogP contribution is 2.21. The number of nitrogens with one attached hydrogen (secondary N) is 1. The second kappa shape index (κ2) is 4.23. The van der Waals surface area contributed by atoms with Crippen molar-refractivity contribution < 1.29 is 4.79 Å². The van der Waals surface area contributed by atoms with Crippen LogP contribution in [-0.2, 0) is 4.79 Å². The average Bonchev–Trinajstić information content (AvgIpc) is 2.50. The molecule has 0 aromatic rings. The highest BCUT2D eigenvalue weighted by atomic mass is 16.1. The minimum Gasteiger partial charge on any atom is -0.316 e. The molecule has 0 spiro atoms. The Labute approximate surface area is 81.1 Å². The molecule has 1 aliphatic rings. The van der Waals surface area contributed by atoms with E-state index in [9.17, 15) is 4.79 Å². The molecule has 0 aromatic heterocycles. The van der Waals surface area contributed by atoms with Gasteiger partial charge in [0.15, 0.2) is 0 Å². The summed E-state index contributed by atoms with van der Waals surface area (Å²) in [6, 6.07) is 0. The summed E-state index contributed by atoms with van der Waals surface area (Å²) in [5, 5.41) is 3.32. The summed E-state index contributed by atoms with van der Waals surface area (Å²) < 4.78 is 0. The molecule has 1 heterocycles. The van der Waals surface area contributed by atoms with Crippen molar-refractivity contribution >= 4 is 5.78 Å². The van der Waals surface area contributed by atoms with Crippen LogP contribution in [0.2, 0.25) is 0 Å². The molecule has 1 atom stereocenters. The number of Topliss-reactive ketones (excluding diaryl/α,β-unsaturated/α-hetero) is 1. The molecule has 2 nitrogen and oxygen atoms in total. The van der Waals surface area contributed by atoms with Crippen molar-refractivity contribution in [1.82, 2.24) is 5.32 Å². The Morgan fingerprint density at radius 1 is 1.46 bits per heavy atom. The first kappa shape index (κ1) is 10.7. The van der Waals surface area contributed by atoms with Crippen LogP contribution < -0.4 is 5.32 Å². The van der Waals surface area contributed by atoms with Crippen LogP contribution in [0.1, 0.15) is 40.0 Å². The lowest BCUT2D eigenvalue weighted by atomic mass is 9.86. The van der Waals surface area contributed by atoms with Gasteiger partial charge in [-0.25, -0.2) is 0 Å². The molecule has 1 saturated heterocycles. The minimum absolute atomic E-state index is 0.147. The standard InChI is InChI=1S/C11H21NO/c1-11(2,3)10(13)5-4-9-6-7-12-8-9/h9,12H,4-8H2,1-3H3. The Balaban J connectivity index is 2.22. The lowest BCUT2D eigenvalue weighted by Crippen LogP contribution is -2.21. The third-order valence-electron chi connectivity index (χ3n) is 2.78. The summed E-state index contributed by atoms with van der Waals surface area (Å²) in [5.41, 5.74) is -0.147. The van der Waals surface area contributed by atoms with Crippen molar-refractivity contribution in [3.63, 3.8) is 0 Å². The van der Waals surface area contributed by atoms with Crippen LogP contribution >= 0.6 is 0 Å². The number of hydrogen-bond donors (Lipinski definition) is 1. The number of ketones is 1. The van der Waals surface area contributed by atoms with Gasteiger partial charge in [-0.1, -0.05) is 20.8 Å². The van der Waals surface area contributed by atoms with Crippen LogP contribution in [0, 0.1) is 11.3 Å². The SMILES string of the molecule is CC(C)(C)C(=O)CCC1CCNC1. The zero-order valence-corrected chi connectivity index (χ0v) is 9.02. The molecular formula is C11H21NO. The summed E-state index contributed by atoms with van der Waals surface area (Å²) in [6.07, 6.45) is 3.08. The van der Waals surface area contributed by atoms with E-state index in [1.165, 1.54) is 6.42 Å². The van der Waals surface area contributed by atoms with E-state index in [0.29, 0.717) is 5.78 Å². The van der Waals surface area contributed by atoms with Crippen LogP contribution in [-0.4, -0.2) is 18.9 Å². The first-order valence-electron chi connectivity index (χ1n) is 5.24. The predicted octanol–water partition coefficient (Wildman–Crippen LogP) is 1.99. The van der Waals surface area contributed by atoms with Gasteiger partial charge in [0.25, 0.3) is 0 Å². The van der Waals surface area contributed by atoms with Crippen LogP contribution in [0.4, 0.5) is 0 Å². The van der Waals surface area contributed by atoms with Crippen LogP contribution in [0.3, 0.4) is 0 Å². The van der Waals surface area contributed by atoms with Gasteiger partial charge in [0.05, 0.1) is 0 Å². The van der Waals surface area contributed by atoms with E-state index in [4.69, 9.17) is 0 Å². The molecule has 76 valence electrons. The second-order valence-corrected chi connectivity index (χ2v) is 5.07. The molecule has 1 fully saturated rings. The van der Waals surface area contributed by atoms with Gasteiger partial charge in [0.2, 0.25) is 0 Å². The smallest absolute Gasteiger partial charge is 0.138 e. The van der Waals surface area contributed by atoms with Crippen molar-refractivity contribution in [3.8, 4) is 0 Å². The lowest BCUT2D eigenvalue weighted by molar-refractivity contribution is -0.126. The first-order chi connectivity index (χ1) is 6.00. The van der Waals surface area contributed by atoms with Gasteiger partial charge < -0.3 is 5.32 Å². The Bertz CT molecular complexity index is 175. The van der Waals surface area contributed by atoms with Gasteiger partial charge >= 0.3 is 0 Å². The topological polar surface area (TPSA) is 29.1 Å². The van der Waals surface area contributed by atoms with Crippen LogP contribution in [0.15, 0.2) is 0 Å². The molecule has 0 radical (unpaired) electrons. The molecule has 1 unspecified atom stereocenters. The molecule has 0 bridgehead atoms. The number of hydrogen-bond acceptors (Lipinski definition) is 2. The van der Waals surface area contributed by atoms with E-state index in [2.05, 4.69) is 5.32 Å². The maximum absolute atomic E-state index is 11.6. The normalized spacial score (nSPS) is 23.5. The molecule has 0 aliphatic carbocycles. The maximum atomic E-state index is 11.6.